The Balaban J connectivity index is 2.51. The second-order valence-corrected chi connectivity index (χ2v) is 6.44. The molecule has 106 valence electrons. The van der Waals surface area contributed by atoms with Crippen LogP contribution in [0.2, 0.25) is 5.02 Å². The molecule has 0 spiro atoms. The molecule has 0 saturated carbocycles. The maximum atomic E-state index is 13.1. The zero-order valence-corrected chi connectivity index (χ0v) is 12.2. The highest BCUT2D eigenvalue weighted by molar-refractivity contribution is 7.95. The van der Waals surface area contributed by atoms with Crippen LogP contribution in [0.5, 0.6) is 0 Å². The third-order valence-corrected chi connectivity index (χ3v) is 4.67. The van der Waals surface area contributed by atoms with Crippen molar-refractivity contribution in [2.24, 2.45) is 0 Å². The second-order valence-electron chi connectivity index (χ2n) is 4.11. The molecule has 2 rings (SSSR count). The van der Waals surface area contributed by atoms with Crippen LogP contribution in [0.4, 0.5) is 4.39 Å². The van der Waals surface area contributed by atoms with Gasteiger partial charge in [-0.05, 0) is 35.9 Å². The van der Waals surface area contributed by atoms with Crippen LogP contribution in [0, 0.1) is 17.1 Å². The van der Waals surface area contributed by atoms with Gasteiger partial charge in [0, 0.05) is 0 Å². The molecule has 0 radical (unpaired) electrons. The van der Waals surface area contributed by atoms with E-state index in [9.17, 15) is 12.8 Å². The van der Waals surface area contributed by atoms with Crippen molar-refractivity contribution in [3.63, 3.8) is 0 Å². The summed E-state index contributed by atoms with van der Waals surface area (Å²) in [7, 11) is -3.91. The van der Waals surface area contributed by atoms with Crippen LogP contribution in [0.1, 0.15) is 5.56 Å². The van der Waals surface area contributed by atoms with Gasteiger partial charge in [-0.15, -0.1) is 0 Å². The molecule has 0 fully saturated rings. The van der Waals surface area contributed by atoms with Crippen LogP contribution in [0.3, 0.4) is 0 Å². The van der Waals surface area contributed by atoms with Gasteiger partial charge < -0.3 is 0 Å². The Morgan fingerprint density at radius 2 is 1.86 bits per heavy atom. The average Bonchev–Trinajstić information content (AvgIpc) is 2.49. The van der Waals surface area contributed by atoms with Crippen LogP contribution in [0.15, 0.2) is 58.3 Å². The number of hydrogen-bond acceptors (Lipinski definition) is 3. The Bertz CT molecular complexity index is 840. The Labute approximate surface area is 126 Å². The molecule has 0 amide bonds. The van der Waals surface area contributed by atoms with Crippen LogP contribution in [0.25, 0.3) is 6.08 Å². The monoisotopic (exact) mass is 321 g/mol. The Morgan fingerprint density at radius 3 is 2.43 bits per heavy atom. The SMILES string of the molecule is N#C/C(=C\c1ccc(F)c(Cl)c1)S(=O)(=O)c1ccccc1. The smallest absolute Gasteiger partial charge is 0.216 e. The Morgan fingerprint density at radius 1 is 1.19 bits per heavy atom. The van der Waals surface area contributed by atoms with Gasteiger partial charge in [-0.2, -0.15) is 5.26 Å². The van der Waals surface area contributed by atoms with Crippen molar-refractivity contribution in [3.8, 4) is 6.07 Å². The summed E-state index contributed by atoms with van der Waals surface area (Å²) < 4.78 is 37.7. The highest BCUT2D eigenvalue weighted by Gasteiger charge is 2.20. The molecule has 0 atom stereocenters. The summed E-state index contributed by atoms with van der Waals surface area (Å²) >= 11 is 5.64. The Kier molecular flexibility index (Phi) is 4.41. The van der Waals surface area contributed by atoms with E-state index in [1.165, 1.54) is 24.3 Å². The number of hydrogen-bond donors (Lipinski definition) is 0. The van der Waals surface area contributed by atoms with Crippen molar-refractivity contribution in [2.75, 3.05) is 0 Å². The Hall–Kier alpha value is -2.16. The van der Waals surface area contributed by atoms with Crippen LogP contribution < -0.4 is 0 Å². The summed E-state index contributed by atoms with van der Waals surface area (Å²) in [6.07, 6.45) is 1.16. The van der Waals surface area contributed by atoms with Crippen molar-refractivity contribution < 1.29 is 12.8 Å². The number of benzene rings is 2. The fourth-order valence-corrected chi connectivity index (χ4v) is 3.02. The molecule has 0 heterocycles. The van der Waals surface area contributed by atoms with Gasteiger partial charge in [0.25, 0.3) is 0 Å². The molecule has 0 aliphatic heterocycles. The van der Waals surface area contributed by atoms with Gasteiger partial charge in [0.05, 0.1) is 9.92 Å². The number of halogens is 2. The molecule has 6 heteroatoms. The van der Waals surface area contributed by atoms with Crippen LogP contribution in [-0.2, 0) is 9.84 Å². The lowest BCUT2D eigenvalue weighted by Gasteiger charge is -2.03. The summed E-state index contributed by atoms with van der Waals surface area (Å²) in [5.74, 6) is -0.613. The van der Waals surface area contributed by atoms with Crippen LogP contribution in [-0.4, -0.2) is 8.42 Å². The van der Waals surface area contributed by atoms with Gasteiger partial charge in [0.15, 0.2) is 0 Å². The van der Waals surface area contributed by atoms with E-state index in [4.69, 9.17) is 16.9 Å². The van der Waals surface area contributed by atoms with E-state index in [0.717, 1.165) is 12.1 Å². The standard InChI is InChI=1S/C15H9ClFNO2S/c16-14-9-11(6-7-15(14)17)8-13(10-18)21(19,20)12-4-2-1-3-5-12/h1-9H/b13-8+. The van der Waals surface area contributed by atoms with E-state index in [-0.39, 0.29) is 9.92 Å². The van der Waals surface area contributed by atoms with Crippen molar-refractivity contribution in [3.05, 3.63) is 69.8 Å². The first-order valence-corrected chi connectivity index (χ1v) is 7.68. The number of nitriles is 1. The van der Waals surface area contributed by atoms with Gasteiger partial charge in [0.1, 0.15) is 16.8 Å². The first kappa shape index (κ1) is 15.2. The molecule has 2 aromatic carbocycles. The van der Waals surface area contributed by atoms with Crippen LogP contribution >= 0.6 is 11.6 Å². The summed E-state index contributed by atoms with van der Waals surface area (Å²) in [6, 6.07) is 13.0. The zero-order chi connectivity index (χ0) is 15.5. The minimum atomic E-state index is -3.91. The first-order valence-electron chi connectivity index (χ1n) is 5.82. The molecular formula is C15H9ClFNO2S. The number of rotatable bonds is 3. The van der Waals surface area contributed by atoms with Gasteiger partial charge in [-0.25, -0.2) is 12.8 Å². The largest absolute Gasteiger partial charge is 0.218 e. The van der Waals surface area contributed by atoms with E-state index in [0.29, 0.717) is 5.56 Å². The van der Waals surface area contributed by atoms with E-state index in [1.54, 1.807) is 24.3 Å². The molecule has 0 aliphatic carbocycles. The molecule has 0 saturated heterocycles. The molecular weight excluding hydrogens is 313 g/mol. The van der Waals surface area contributed by atoms with Crippen molar-refractivity contribution >= 4 is 27.5 Å². The van der Waals surface area contributed by atoms with E-state index < -0.39 is 20.6 Å². The van der Waals surface area contributed by atoms with Crippen molar-refractivity contribution in [1.29, 1.82) is 5.26 Å². The zero-order valence-electron chi connectivity index (χ0n) is 10.6. The molecule has 21 heavy (non-hydrogen) atoms. The summed E-state index contributed by atoms with van der Waals surface area (Å²) in [6.45, 7) is 0. The first-order chi connectivity index (χ1) is 9.95. The summed E-state index contributed by atoms with van der Waals surface area (Å²) in [5.41, 5.74) is 0.331. The van der Waals surface area contributed by atoms with Gasteiger partial charge in [-0.1, -0.05) is 35.9 Å². The fraction of sp³-hybridized carbons (Fsp3) is 0. The highest BCUT2D eigenvalue weighted by atomic mass is 35.5. The molecule has 2 aromatic rings. The van der Waals surface area contributed by atoms with E-state index in [2.05, 4.69) is 0 Å². The molecule has 3 nitrogen and oxygen atoms in total. The highest BCUT2D eigenvalue weighted by Crippen LogP contribution is 2.23. The van der Waals surface area contributed by atoms with Crippen molar-refractivity contribution in [1.82, 2.24) is 0 Å². The third kappa shape index (κ3) is 3.30. The number of nitrogens with zero attached hydrogens (tertiary/aromatic N) is 1. The fourth-order valence-electron chi connectivity index (χ4n) is 1.65. The quantitative estimate of drug-likeness (QED) is 0.807. The lowest BCUT2D eigenvalue weighted by molar-refractivity contribution is 0.603. The van der Waals surface area contributed by atoms with Gasteiger partial charge in [0.2, 0.25) is 9.84 Å². The van der Waals surface area contributed by atoms with Gasteiger partial charge >= 0.3 is 0 Å². The molecule has 0 bridgehead atoms. The minimum Gasteiger partial charge on any atom is -0.218 e. The molecule has 0 aromatic heterocycles. The topological polar surface area (TPSA) is 57.9 Å². The van der Waals surface area contributed by atoms with Crippen molar-refractivity contribution in [2.45, 2.75) is 4.90 Å². The molecule has 0 unspecified atom stereocenters. The molecule has 0 aliphatic rings. The van der Waals surface area contributed by atoms with E-state index >= 15 is 0 Å². The summed E-state index contributed by atoms with van der Waals surface area (Å²) in [4.78, 5) is -0.414. The maximum absolute atomic E-state index is 13.1. The lowest BCUT2D eigenvalue weighted by atomic mass is 10.2. The average molecular weight is 322 g/mol. The number of allylic oxidation sites excluding steroid dienone is 1. The number of sulfone groups is 1. The minimum absolute atomic E-state index is 0.0195. The predicted molar refractivity (Wildman–Crippen MR) is 78.6 cm³/mol. The lowest BCUT2D eigenvalue weighted by Crippen LogP contribution is -2.03. The summed E-state index contributed by atoms with van der Waals surface area (Å²) in [5, 5.41) is 8.96. The maximum Gasteiger partial charge on any atom is 0.216 e. The third-order valence-electron chi connectivity index (χ3n) is 2.69. The second kappa shape index (κ2) is 6.08. The predicted octanol–water partition coefficient (Wildman–Crippen LogP) is 3.82. The normalized spacial score (nSPS) is 12.0. The van der Waals surface area contributed by atoms with Gasteiger partial charge in [-0.3, -0.25) is 0 Å². The van der Waals surface area contributed by atoms with E-state index in [1.807, 2.05) is 0 Å². The molecule has 0 N–H and O–H groups in total.